The van der Waals surface area contributed by atoms with Gasteiger partial charge < -0.3 is 11.1 Å². The summed E-state index contributed by atoms with van der Waals surface area (Å²) in [6.07, 6.45) is 8.23. The predicted molar refractivity (Wildman–Crippen MR) is 69.8 cm³/mol. The molecule has 0 aromatic rings. The van der Waals surface area contributed by atoms with Gasteiger partial charge in [0, 0.05) is 13.1 Å². The summed E-state index contributed by atoms with van der Waals surface area (Å²) in [4.78, 5) is 0. The van der Waals surface area contributed by atoms with Gasteiger partial charge in [-0.1, -0.05) is 39.0 Å². The van der Waals surface area contributed by atoms with E-state index in [4.69, 9.17) is 5.73 Å². The Kier molecular flexibility index (Phi) is 27.3. The van der Waals surface area contributed by atoms with Crippen LogP contribution in [-0.2, 0) is 0 Å². The first kappa shape index (κ1) is 20.0. The Morgan fingerprint density at radius 1 is 0.857 bits per heavy atom. The molecule has 3 N–H and O–H groups in total. The van der Waals surface area contributed by atoms with Crippen molar-refractivity contribution in [1.29, 1.82) is 0 Å². The highest BCUT2D eigenvalue weighted by atomic mass is 35.5. The van der Waals surface area contributed by atoms with Crippen molar-refractivity contribution in [3.05, 3.63) is 0 Å². The van der Waals surface area contributed by atoms with Crippen LogP contribution in [0.15, 0.2) is 0 Å². The molecule has 2 nitrogen and oxygen atoms in total. The van der Waals surface area contributed by atoms with Crippen molar-refractivity contribution < 1.29 is 0 Å². The van der Waals surface area contributed by atoms with Crippen LogP contribution < -0.4 is 11.1 Å². The minimum Gasteiger partial charge on any atom is -0.329 e. The Hall–Kier alpha value is 0.500. The van der Waals surface area contributed by atoms with Gasteiger partial charge in [-0.05, 0) is 13.0 Å². The molecule has 14 heavy (non-hydrogen) atoms. The maximum atomic E-state index is 5.35. The number of nitrogens with two attached hydrogens (primary N) is 1. The Balaban J connectivity index is -0.000000605. The van der Waals surface area contributed by atoms with Gasteiger partial charge in [0.05, 0.1) is 0 Å². The highest BCUT2D eigenvalue weighted by molar-refractivity contribution is 5.85. The highest BCUT2D eigenvalue weighted by Crippen LogP contribution is 2.03. The molecule has 0 aliphatic heterocycles. The van der Waals surface area contributed by atoms with E-state index in [1.54, 1.807) is 0 Å². The van der Waals surface area contributed by atoms with Gasteiger partial charge in [-0.3, -0.25) is 0 Å². The van der Waals surface area contributed by atoms with E-state index in [0.717, 1.165) is 19.6 Å². The Bertz CT molecular complexity index is 72.5. The molecule has 0 radical (unpaired) electrons. The fourth-order valence-corrected chi connectivity index (χ4v) is 1.26. The van der Waals surface area contributed by atoms with Gasteiger partial charge >= 0.3 is 0 Å². The molecular weight excluding hydrogens is 219 g/mol. The molecule has 0 saturated carbocycles. The molecule has 0 amide bonds. The van der Waals surface area contributed by atoms with Gasteiger partial charge in [-0.2, -0.15) is 0 Å². The first-order valence-electron chi connectivity index (χ1n) is 5.32. The van der Waals surface area contributed by atoms with Gasteiger partial charge in [0.1, 0.15) is 0 Å². The summed E-state index contributed by atoms with van der Waals surface area (Å²) < 4.78 is 0. The molecule has 4 heteroatoms. The molecule has 0 saturated heterocycles. The zero-order chi connectivity index (χ0) is 9.07. The number of hydrogen-bond donors (Lipinski definition) is 2. The molecule has 0 heterocycles. The smallest absolute Gasteiger partial charge is 0.00745 e. The third kappa shape index (κ3) is 18.3. The lowest BCUT2D eigenvalue weighted by molar-refractivity contribution is 0.575. The van der Waals surface area contributed by atoms with Crippen molar-refractivity contribution in [2.24, 2.45) is 5.73 Å². The molecule has 0 unspecified atom stereocenters. The van der Waals surface area contributed by atoms with Crippen LogP contribution in [0.5, 0.6) is 0 Å². The highest BCUT2D eigenvalue weighted by Gasteiger charge is 1.89. The number of halogens is 2. The van der Waals surface area contributed by atoms with E-state index >= 15 is 0 Å². The number of nitrogens with one attached hydrogen (secondary N) is 1. The average Bonchev–Trinajstić information content (AvgIpc) is 2.10. The maximum Gasteiger partial charge on any atom is 0.00745 e. The minimum atomic E-state index is 0. The third-order valence-electron chi connectivity index (χ3n) is 2.03. The number of unbranched alkanes of at least 4 members (excludes halogenated alkanes) is 5. The monoisotopic (exact) mass is 244 g/mol. The van der Waals surface area contributed by atoms with Gasteiger partial charge in [-0.15, -0.1) is 24.8 Å². The molecule has 0 atom stereocenters. The Morgan fingerprint density at radius 2 is 1.43 bits per heavy atom. The lowest BCUT2D eigenvalue weighted by Crippen LogP contribution is -2.23. The molecule has 0 fully saturated rings. The zero-order valence-electron chi connectivity index (χ0n) is 9.26. The van der Waals surface area contributed by atoms with Crippen LogP contribution in [-0.4, -0.2) is 19.6 Å². The minimum absolute atomic E-state index is 0. The molecular formula is C10H26Cl2N2. The topological polar surface area (TPSA) is 38.0 Å². The zero-order valence-corrected chi connectivity index (χ0v) is 10.9. The summed E-state index contributed by atoms with van der Waals surface area (Å²) in [5.41, 5.74) is 5.35. The van der Waals surface area contributed by atoms with Crippen LogP contribution in [0.3, 0.4) is 0 Å². The molecule has 0 aromatic carbocycles. The average molecular weight is 245 g/mol. The van der Waals surface area contributed by atoms with Gasteiger partial charge in [0.15, 0.2) is 0 Å². The lowest BCUT2D eigenvalue weighted by atomic mass is 10.1. The molecule has 0 rings (SSSR count). The van der Waals surface area contributed by atoms with Crippen molar-refractivity contribution in [2.75, 3.05) is 19.6 Å². The van der Waals surface area contributed by atoms with E-state index in [1.165, 1.54) is 38.5 Å². The van der Waals surface area contributed by atoms with Gasteiger partial charge in [0.2, 0.25) is 0 Å². The maximum absolute atomic E-state index is 5.35. The van der Waals surface area contributed by atoms with Crippen molar-refractivity contribution in [1.82, 2.24) is 5.32 Å². The Labute approximate surface area is 101 Å². The second kappa shape index (κ2) is 19.1. The van der Waals surface area contributed by atoms with Crippen molar-refractivity contribution in [3.8, 4) is 0 Å². The molecule has 90 valence electrons. The van der Waals surface area contributed by atoms with Gasteiger partial charge in [-0.25, -0.2) is 0 Å². The standard InChI is InChI=1S/C10H24N2.2ClH/c1-2-3-4-5-6-7-9-12-10-8-11;;/h12H,2-11H2,1H3;2*1H. The molecule has 0 spiro atoms. The van der Waals surface area contributed by atoms with Crippen molar-refractivity contribution >= 4 is 24.8 Å². The van der Waals surface area contributed by atoms with Crippen LogP contribution in [0.25, 0.3) is 0 Å². The second-order valence-electron chi connectivity index (χ2n) is 3.31. The first-order chi connectivity index (χ1) is 5.91. The van der Waals surface area contributed by atoms with Crippen LogP contribution in [0.2, 0.25) is 0 Å². The normalized spacial score (nSPS) is 9.00. The van der Waals surface area contributed by atoms with Crippen LogP contribution in [0, 0.1) is 0 Å². The van der Waals surface area contributed by atoms with Gasteiger partial charge in [0.25, 0.3) is 0 Å². The summed E-state index contributed by atoms with van der Waals surface area (Å²) >= 11 is 0. The van der Waals surface area contributed by atoms with Crippen LogP contribution in [0.1, 0.15) is 45.4 Å². The lowest BCUT2D eigenvalue weighted by Gasteiger charge is -2.02. The van der Waals surface area contributed by atoms with E-state index in [0.29, 0.717) is 0 Å². The molecule has 0 bridgehead atoms. The SMILES string of the molecule is CCCCCCCCNCCN.Cl.Cl. The predicted octanol–water partition coefficient (Wildman–Crippen LogP) is 2.74. The molecule has 0 aliphatic carbocycles. The van der Waals surface area contributed by atoms with Crippen molar-refractivity contribution in [3.63, 3.8) is 0 Å². The van der Waals surface area contributed by atoms with E-state index in [2.05, 4.69) is 12.2 Å². The number of rotatable bonds is 9. The third-order valence-corrected chi connectivity index (χ3v) is 2.03. The fraction of sp³-hybridized carbons (Fsp3) is 1.00. The quantitative estimate of drug-likeness (QED) is 0.613. The van der Waals surface area contributed by atoms with Crippen LogP contribution >= 0.6 is 24.8 Å². The first-order valence-corrected chi connectivity index (χ1v) is 5.32. The van der Waals surface area contributed by atoms with E-state index in [9.17, 15) is 0 Å². The fourth-order valence-electron chi connectivity index (χ4n) is 1.26. The summed E-state index contributed by atoms with van der Waals surface area (Å²) in [6.45, 7) is 5.12. The van der Waals surface area contributed by atoms with E-state index in [-0.39, 0.29) is 24.8 Å². The largest absolute Gasteiger partial charge is 0.329 e. The van der Waals surface area contributed by atoms with E-state index < -0.39 is 0 Å². The van der Waals surface area contributed by atoms with Crippen molar-refractivity contribution in [2.45, 2.75) is 45.4 Å². The summed E-state index contributed by atoms with van der Waals surface area (Å²) in [6, 6.07) is 0. The molecule has 0 aliphatic rings. The second-order valence-corrected chi connectivity index (χ2v) is 3.31. The number of hydrogen-bond acceptors (Lipinski definition) is 2. The van der Waals surface area contributed by atoms with E-state index in [1.807, 2.05) is 0 Å². The summed E-state index contributed by atoms with van der Waals surface area (Å²) in [5.74, 6) is 0. The van der Waals surface area contributed by atoms with Crippen LogP contribution in [0.4, 0.5) is 0 Å². The summed E-state index contributed by atoms with van der Waals surface area (Å²) in [5, 5.41) is 3.30. The summed E-state index contributed by atoms with van der Waals surface area (Å²) in [7, 11) is 0. The Morgan fingerprint density at radius 3 is 2.00 bits per heavy atom. The molecule has 0 aromatic heterocycles.